The third-order valence-corrected chi connectivity index (χ3v) is 4.30. The summed E-state index contributed by atoms with van der Waals surface area (Å²) in [6.07, 6.45) is 3.68. The van der Waals surface area contributed by atoms with Crippen LogP contribution in [0.3, 0.4) is 0 Å². The lowest BCUT2D eigenvalue weighted by Gasteiger charge is -2.39. The summed E-state index contributed by atoms with van der Waals surface area (Å²) >= 11 is 0. The standard InChI is InChI=1S/C15H23N3O2/c1-11-5-4-6-12(2)17(11)10-13-9-14(18(19)20)7-8-15(13)16-3/h7-9,11-12,16H,4-6,10H2,1-3H3. The summed E-state index contributed by atoms with van der Waals surface area (Å²) in [4.78, 5) is 13.1. The van der Waals surface area contributed by atoms with Crippen LogP contribution in [-0.2, 0) is 6.54 Å². The molecule has 20 heavy (non-hydrogen) atoms. The van der Waals surface area contributed by atoms with Crippen molar-refractivity contribution in [2.45, 2.75) is 51.7 Å². The number of anilines is 1. The minimum atomic E-state index is -0.327. The lowest BCUT2D eigenvalue weighted by atomic mass is 9.96. The summed E-state index contributed by atoms with van der Waals surface area (Å²) in [5.74, 6) is 0. The van der Waals surface area contributed by atoms with Gasteiger partial charge in [0.2, 0.25) is 0 Å². The van der Waals surface area contributed by atoms with Crippen molar-refractivity contribution in [3.8, 4) is 0 Å². The minimum absolute atomic E-state index is 0.163. The van der Waals surface area contributed by atoms with Crippen LogP contribution >= 0.6 is 0 Å². The smallest absolute Gasteiger partial charge is 0.269 e. The maximum Gasteiger partial charge on any atom is 0.269 e. The molecule has 0 aliphatic carbocycles. The van der Waals surface area contributed by atoms with Gasteiger partial charge >= 0.3 is 0 Å². The van der Waals surface area contributed by atoms with Crippen LogP contribution in [0.25, 0.3) is 0 Å². The van der Waals surface area contributed by atoms with Crippen molar-refractivity contribution < 1.29 is 4.92 Å². The van der Waals surface area contributed by atoms with Gasteiger partial charge in [-0.2, -0.15) is 0 Å². The molecule has 0 saturated carbocycles. The lowest BCUT2D eigenvalue weighted by Crippen LogP contribution is -2.43. The molecule has 110 valence electrons. The van der Waals surface area contributed by atoms with E-state index in [0.717, 1.165) is 17.8 Å². The van der Waals surface area contributed by atoms with E-state index in [4.69, 9.17) is 0 Å². The number of benzene rings is 1. The zero-order valence-corrected chi connectivity index (χ0v) is 12.4. The van der Waals surface area contributed by atoms with E-state index in [1.54, 1.807) is 18.2 Å². The number of likely N-dealkylation sites (tertiary alicyclic amines) is 1. The predicted octanol–water partition coefficient (Wildman–Crippen LogP) is 3.40. The highest BCUT2D eigenvalue weighted by Gasteiger charge is 2.25. The first-order valence-corrected chi connectivity index (χ1v) is 7.23. The second-order valence-electron chi connectivity index (χ2n) is 5.65. The maximum absolute atomic E-state index is 10.9. The third-order valence-electron chi connectivity index (χ3n) is 4.30. The molecule has 1 fully saturated rings. The van der Waals surface area contributed by atoms with E-state index in [-0.39, 0.29) is 10.6 Å². The van der Waals surface area contributed by atoms with E-state index in [9.17, 15) is 10.1 Å². The Balaban J connectivity index is 2.26. The number of rotatable bonds is 4. The van der Waals surface area contributed by atoms with E-state index < -0.39 is 0 Å². The van der Waals surface area contributed by atoms with Gasteiger partial charge in [0.25, 0.3) is 5.69 Å². The van der Waals surface area contributed by atoms with E-state index in [1.807, 2.05) is 7.05 Å². The van der Waals surface area contributed by atoms with E-state index in [0.29, 0.717) is 12.1 Å². The highest BCUT2D eigenvalue weighted by atomic mass is 16.6. The number of piperidine rings is 1. The number of hydrogen-bond donors (Lipinski definition) is 1. The zero-order valence-electron chi connectivity index (χ0n) is 12.4. The van der Waals surface area contributed by atoms with Crippen molar-refractivity contribution in [2.75, 3.05) is 12.4 Å². The molecule has 0 spiro atoms. The Morgan fingerprint density at radius 2 is 2.00 bits per heavy atom. The molecule has 1 aliphatic rings. The van der Waals surface area contributed by atoms with Crippen molar-refractivity contribution in [3.05, 3.63) is 33.9 Å². The van der Waals surface area contributed by atoms with Gasteiger partial charge < -0.3 is 5.32 Å². The molecule has 0 amide bonds. The van der Waals surface area contributed by atoms with Crippen molar-refractivity contribution in [1.29, 1.82) is 0 Å². The van der Waals surface area contributed by atoms with Gasteiger partial charge in [0, 0.05) is 43.5 Å². The molecular weight excluding hydrogens is 254 g/mol. The fraction of sp³-hybridized carbons (Fsp3) is 0.600. The largest absolute Gasteiger partial charge is 0.388 e. The highest BCUT2D eigenvalue weighted by molar-refractivity contribution is 5.55. The number of nitrogens with one attached hydrogen (secondary N) is 1. The Bertz CT molecular complexity index is 480. The van der Waals surface area contributed by atoms with E-state index in [2.05, 4.69) is 24.1 Å². The molecule has 1 saturated heterocycles. The number of non-ortho nitro benzene ring substituents is 1. The molecule has 0 aromatic heterocycles. The van der Waals surface area contributed by atoms with Crippen LogP contribution in [0, 0.1) is 10.1 Å². The van der Waals surface area contributed by atoms with Gasteiger partial charge in [0.05, 0.1) is 4.92 Å². The Kier molecular flexibility index (Phi) is 4.60. The molecule has 2 unspecified atom stereocenters. The molecule has 2 atom stereocenters. The Hall–Kier alpha value is -1.62. The molecule has 0 bridgehead atoms. The summed E-state index contributed by atoms with van der Waals surface area (Å²) in [6, 6.07) is 6.11. The van der Waals surface area contributed by atoms with Crippen molar-refractivity contribution in [1.82, 2.24) is 4.90 Å². The molecule has 1 heterocycles. The van der Waals surface area contributed by atoms with E-state index in [1.165, 1.54) is 19.3 Å². The van der Waals surface area contributed by atoms with Crippen LogP contribution in [0.2, 0.25) is 0 Å². The zero-order chi connectivity index (χ0) is 14.7. The van der Waals surface area contributed by atoms with Crippen LogP contribution in [0.15, 0.2) is 18.2 Å². The van der Waals surface area contributed by atoms with Crippen LogP contribution in [0.5, 0.6) is 0 Å². The summed E-state index contributed by atoms with van der Waals surface area (Å²) in [5, 5.41) is 14.1. The maximum atomic E-state index is 10.9. The minimum Gasteiger partial charge on any atom is -0.388 e. The number of nitrogens with zero attached hydrogens (tertiary/aromatic N) is 2. The Morgan fingerprint density at radius 3 is 2.55 bits per heavy atom. The van der Waals surface area contributed by atoms with Gasteiger partial charge in [-0.05, 0) is 38.3 Å². The predicted molar refractivity (Wildman–Crippen MR) is 81.0 cm³/mol. The molecule has 1 N–H and O–H groups in total. The summed E-state index contributed by atoms with van der Waals surface area (Å²) in [7, 11) is 1.85. The van der Waals surface area contributed by atoms with Gasteiger partial charge in [-0.1, -0.05) is 6.42 Å². The highest BCUT2D eigenvalue weighted by Crippen LogP contribution is 2.28. The first-order valence-electron chi connectivity index (χ1n) is 7.23. The van der Waals surface area contributed by atoms with Crippen LogP contribution < -0.4 is 5.32 Å². The van der Waals surface area contributed by atoms with Crippen LogP contribution in [-0.4, -0.2) is 29.0 Å². The molecule has 1 aromatic carbocycles. The van der Waals surface area contributed by atoms with Crippen LogP contribution in [0.1, 0.15) is 38.7 Å². The van der Waals surface area contributed by atoms with Gasteiger partial charge in [0.1, 0.15) is 0 Å². The second kappa shape index (κ2) is 6.22. The van der Waals surface area contributed by atoms with Gasteiger partial charge in [-0.15, -0.1) is 0 Å². The normalized spacial score (nSPS) is 23.6. The van der Waals surface area contributed by atoms with Crippen molar-refractivity contribution in [2.24, 2.45) is 0 Å². The fourth-order valence-corrected chi connectivity index (χ4v) is 3.05. The van der Waals surface area contributed by atoms with Crippen molar-refractivity contribution in [3.63, 3.8) is 0 Å². The quantitative estimate of drug-likeness (QED) is 0.677. The topological polar surface area (TPSA) is 58.4 Å². The number of nitro groups is 1. The second-order valence-corrected chi connectivity index (χ2v) is 5.65. The van der Waals surface area contributed by atoms with Crippen LogP contribution in [0.4, 0.5) is 11.4 Å². The summed E-state index contributed by atoms with van der Waals surface area (Å²) in [5.41, 5.74) is 2.14. The molecule has 1 aromatic rings. The van der Waals surface area contributed by atoms with Gasteiger partial charge in [0.15, 0.2) is 0 Å². The van der Waals surface area contributed by atoms with E-state index >= 15 is 0 Å². The number of hydrogen-bond acceptors (Lipinski definition) is 4. The first-order chi connectivity index (χ1) is 9.52. The van der Waals surface area contributed by atoms with Crippen molar-refractivity contribution >= 4 is 11.4 Å². The third kappa shape index (κ3) is 3.10. The monoisotopic (exact) mass is 277 g/mol. The molecule has 2 rings (SSSR count). The lowest BCUT2D eigenvalue weighted by molar-refractivity contribution is -0.384. The first kappa shape index (κ1) is 14.8. The molecule has 5 nitrogen and oxygen atoms in total. The summed E-state index contributed by atoms with van der Waals surface area (Å²) < 4.78 is 0. The molecular formula is C15H23N3O2. The molecule has 0 radical (unpaired) electrons. The Morgan fingerprint density at radius 1 is 1.35 bits per heavy atom. The summed E-state index contributed by atoms with van der Waals surface area (Å²) in [6.45, 7) is 5.25. The molecule has 5 heteroatoms. The van der Waals surface area contributed by atoms with Gasteiger partial charge in [-0.25, -0.2) is 0 Å². The SMILES string of the molecule is CNc1ccc([N+](=O)[O-])cc1CN1C(C)CCCC1C. The van der Waals surface area contributed by atoms with Gasteiger partial charge in [-0.3, -0.25) is 15.0 Å². The average molecular weight is 277 g/mol. The average Bonchev–Trinajstić information content (AvgIpc) is 2.42. The Labute approximate surface area is 120 Å². The molecule has 1 aliphatic heterocycles. The number of nitro benzene ring substituents is 1. The fourth-order valence-electron chi connectivity index (χ4n) is 3.05.